The van der Waals surface area contributed by atoms with Gasteiger partial charge in [0.25, 0.3) is 11.5 Å². The van der Waals surface area contributed by atoms with Gasteiger partial charge in [0.05, 0.1) is 5.69 Å². The number of hydrogen-bond donors (Lipinski definition) is 1. The van der Waals surface area contributed by atoms with Crippen molar-refractivity contribution in [3.05, 3.63) is 100 Å². The van der Waals surface area contributed by atoms with Crippen LogP contribution in [0.2, 0.25) is 0 Å². The summed E-state index contributed by atoms with van der Waals surface area (Å²) >= 11 is 1.26. The minimum absolute atomic E-state index is 0.0191. The molecule has 5 rings (SSSR count). The number of thiazole rings is 1. The maximum Gasteiger partial charge on any atom is 0.269 e. The fraction of sp³-hybridized carbons (Fsp3) is 0.200. The van der Waals surface area contributed by atoms with Gasteiger partial charge in [-0.15, -0.1) is 0 Å². The van der Waals surface area contributed by atoms with Crippen molar-refractivity contribution in [2.45, 2.75) is 26.2 Å². The van der Waals surface area contributed by atoms with Crippen molar-refractivity contribution < 1.29 is 18.3 Å². The number of carbonyl (C=O) groups is 1. The number of anilines is 2. The van der Waals surface area contributed by atoms with Gasteiger partial charge in [0.1, 0.15) is 27.5 Å². The molecule has 0 aliphatic rings. The van der Waals surface area contributed by atoms with E-state index in [0.29, 0.717) is 26.9 Å². The number of carbonyl (C=O) groups excluding carboxylic acids is 1. The fourth-order valence-electron chi connectivity index (χ4n) is 4.16. The van der Waals surface area contributed by atoms with Gasteiger partial charge in [0, 0.05) is 43.8 Å². The maximum atomic E-state index is 15.0. The van der Waals surface area contributed by atoms with Gasteiger partial charge in [-0.25, -0.2) is 13.8 Å². The van der Waals surface area contributed by atoms with Crippen molar-refractivity contribution in [1.29, 1.82) is 0 Å². The van der Waals surface area contributed by atoms with Crippen LogP contribution in [-0.2, 0) is 6.42 Å². The average Bonchev–Trinajstić information content (AvgIpc) is 3.38. The van der Waals surface area contributed by atoms with E-state index in [1.54, 1.807) is 23.2 Å². The Morgan fingerprint density at radius 1 is 1.07 bits per heavy atom. The zero-order chi connectivity index (χ0) is 29.1. The zero-order valence-electron chi connectivity index (χ0n) is 22.6. The minimum atomic E-state index is -0.741. The van der Waals surface area contributed by atoms with E-state index in [9.17, 15) is 18.4 Å². The summed E-state index contributed by atoms with van der Waals surface area (Å²) in [7, 11) is 3.63. The number of aryl methyl sites for hydroxylation is 1. The third-order valence-electron chi connectivity index (χ3n) is 6.24. The Balaban J connectivity index is 1.44. The van der Waals surface area contributed by atoms with Crippen LogP contribution >= 0.6 is 11.3 Å². The molecule has 3 heterocycles. The molecule has 1 N–H and O–H groups in total. The second-order valence-corrected chi connectivity index (χ2v) is 10.5. The molecule has 41 heavy (non-hydrogen) atoms. The predicted molar refractivity (Wildman–Crippen MR) is 157 cm³/mol. The number of fused-ring (bicyclic) bond motifs is 1. The Bertz CT molecular complexity index is 1780. The van der Waals surface area contributed by atoms with Crippen LogP contribution in [-0.4, -0.2) is 34.5 Å². The number of benzene rings is 2. The molecule has 0 atom stereocenters. The van der Waals surface area contributed by atoms with Crippen molar-refractivity contribution in [3.63, 3.8) is 0 Å². The number of pyridine rings is 2. The van der Waals surface area contributed by atoms with Gasteiger partial charge in [-0.1, -0.05) is 24.7 Å². The van der Waals surface area contributed by atoms with Crippen LogP contribution < -0.4 is 20.5 Å². The molecule has 0 spiro atoms. The molecule has 0 aliphatic carbocycles. The molecule has 5 aromatic rings. The highest BCUT2D eigenvalue weighted by Crippen LogP contribution is 2.30. The van der Waals surface area contributed by atoms with Gasteiger partial charge >= 0.3 is 0 Å². The first-order valence-corrected chi connectivity index (χ1v) is 13.8. The molecule has 2 aromatic carbocycles. The fourth-order valence-corrected chi connectivity index (χ4v) is 5.15. The first-order valence-electron chi connectivity index (χ1n) is 13.0. The van der Waals surface area contributed by atoms with Gasteiger partial charge in [-0.3, -0.25) is 19.1 Å². The van der Waals surface area contributed by atoms with Crippen LogP contribution in [0.4, 0.5) is 19.6 Å². The summed E-state index contributed by atoms with van der Waals surface area (Å²) in [5, 5.41) is 3.22. The summed E-state index contributed by atoms with van der Waals surface area (Å²) in [5.74, 6) is -1.45. The Labute approximate surface area is 238 Å². The van der Waals surface area contributed by atoms with E-state index < -0.39 is 23.1 Å². The van der Waals surface area contributed by atoms with Crippen LogP contribution in [0, 0.1) is 11.6 Å². The van der Waals surface area contributed by atoms with Gasteiger partial charge in [-0.2, -0.15) is 0 Å². The summed E-state index contributed by atoms with van der Waals surface area (Å²) in [6.45, 7) is 2.09. The number of unbranched alkanes of at least 4 members (excludes halogenated alkanes) is 1. The lowest BCUT2D eigenvalue weighted by Gasteiger charge is -2.12. The lowest BCUT2D eigenvalue weighted by Crippen LogP contribution is -2.28. The highest BCUT2D eigenvalue weighted by molar-refractivity contribution is 7.21. The van der Waals surface area contributed by atoms with E-state index in [4.69, 9.17) is 4.74 Å². The average molecular weight is 576 g/mol. The van der Waals surface area contributed by atoms with Gasteiger partial charge < -0.3 is 15.0 Å². The van der Waals surface area contributed by atoms with E-state index >= 15 is 0 Å². The molecule has 0 bridgehead atoms. The summed E-state index contributed by atoms with van der Waals surface area (Å²) in [4.78, 5) is 38.0. The van der Waals surface area contributed by atoms with Crippen molar-refractivity contribution >= 4 is 38.4 Å². The van der Waals surface area contributed by atoms with Crippen molar-refractivity contribution in [2.75, 3.05) is 24.3 Å². The summed E-state index contributed by atoms with van der Waals surface area (Å²) in [5.41, 5.74) is 0.972. The second kappa shape index (κ2) is 11.8. The lowest BCUT2D eigenvalue weighted by molar-refractivity contribution is 0.102. The van der Waals surface area contributed by atoms with E-state index in [2.05, 4.69) is 22.2 Å². The van der Waals surface area contributed by atoms with Gasteiger partial charge in [-0.05, 0) is 61.4 Å². The number of aromatic nitrogens is 3. The summed E-state index contributed by atoms with van der Waals surface area (Å²) < 4.78 is 35.6. The van der Waals surface area contributed by atoms with E-state index in [1.165, 1.54) is 58.4 Å². The number of hydrogen-bond acceptors (Lipinski definition) is 7. The smallest absolute Gasteiger partial charge is 0.269 e. The van der Waals surface area contributed by atoms with Crippen molar-refractivity contribution in [3.8, 4) is 17.2 Å². The number of amides is 1. The quantitative estimate of drug-likeness (QED) is 0.214. The van der Waals surface area contributed by atoms with Crippen LogP contribution in [0.25, 0.3) is 16.0 Å². The Kier molecular flexibility index (Phi) is 8.06. The molecule has 0 aliphatic heterocycles. The largest absolute Gasteiger partial charge is 0.454 e. The van der Waals surface area contributed by atoms with Crippen molar-refractivity contribution in [2.24, 2.45) is 0 Å². The molecular weight excluding hydrogens is 548 g/mol. The molecule has 11 heteroatoms. The number of nitrogens with zero attached hydrogens (tertiary/aromatic N) is 4. The molecule has 0 fully saturated rings. The van der Waals surface area contributed by atoms with Gasteiger partial charge in [0.2, 0.25) is 0 Å². The Morgan fingerprint density at radius 3 is 2.56 bits per heavy atom. The first-order chi connectivity index (χ1) is 19.7. The summed E-state index contributed by atoms with van der Waals surface area (Å²) in [6, 6.07) is 14.2. The van der Waals surface area contributed by atoms with E-state index in [0.717, 1.165) is 31.0 Å². The number of nitrogens with one attached hydrogen (secondary N) is 1. The second-order valence-electron chi connectivity index (χ2n) is 9.54. The van der Waals surface area contributed by atoms with Crippen LogP contribution in [0.3, 0.4) is 0 Å². The monoisotopic (exact) mass is 575 g/mol. The maximum absolute atomic E-state index is 15.0. The Morgan fingerprint density at radius 2 is 1.85 bits per heavy atom. The van der Waals surface area contributed by atoms with Gasteiger partial charge in [0.15, 0.2) is 16.7 Å². The number of rotatable bonds is 9. The number of halogens is 2. The zero-order valence-corrected chi connectivity index (χ0v) is 23.5. The van der Waals surface area contributed by atoms with E-state index in [1.807, 2.05) is 14.1 Å². The predicted octanol–water partition coefficient (Wildman–Crippen LogP) is 6.57. The molecule has 0 radical (unpaired) electrons. The topological polar surface area (TPSA) is 89.4 Å². The highest BCUT2D eigenvalue weighted by atomic mass is 32.1. The van der Waals surface area contributed by atoms with Crippen LogP contribution in [0.5, 0.6) is 11.5 Å². The van der Waals surface area contributed by atoms with Crippen LogP contribution in [0.15, 0.2) is 71.7 Å². The molecule has 0 saturated heterocycles. The molecule has 0 unspecified atom stereocenters. The molecule has 1 amide bonds. The third kappa shape index (κ3) is 6.09. The van der Waals surface area contributed by atoms with Crippen LogP contribution in [0.1, 0.15) is 35.8 Å². The highest BCUT2D eigenvalue weighted by Gasteiger charge is 2.21. The molecule has 210 valence electrons. The first kappa shape index (κ1) is 27.9. The number of ether oxygens (including phenoxy) is 1. The third-order valence-corrected chi connectivity index (χ3v) is 7.47. The SMILES string of the molecule is CCCCc1cc(Oc2ccc(NC(=O)c3cc4nc(N(C)C)sc4n(-c4ccc(F)cc4)c3=O)cc2F)ccn1. The standard InChI is InChI=1S/C30H27F2N5O3S/c1-4-5-6-19-15-22(13-14-33-19)40-26-12-9-20(16-24(26)32)34-27(38)23-17-25-29(41-30(35-25)36(2)3)37(28(23)39)21-10-7-18(31)8-11-21/h7-17H,4-6H2,1-3H3,(H,34,38). The Hall–Kier alpha value is -4.64. The minimum Gasteiger partial charge on any atom is -0.454 e. The lowest BCUT2D eigenvalue weighted by atomic mass is 10.2. The molecular formula is C30H27F2N5O3S. The molecule has 0 saturated carbocycles. The molecule has 3 aromatic heterocycles. The van der Waals surface area contributed by atoms with E-state index in [-0.39, 0.29) is 17.0 Å². The van der Waals surface area contributed by atoms with Crippen molar-refractivity contribution in [1.82, 2.24) is 14.5 Å². The normalized spacial score (nSPS) is 11.0. The molecule has 8 nitrogen and oxygen atoms in total. The summed E-state index contributed by atoms with van der Waals surface area (Å²) in [6.07, 6.45) is 4.43.